The van der Waals surface area contributed by atoms with E-state index in [0.29, 0.717) is 17.6 Å². The van der Waals surface area contributed by atoms with E-state index >= 15 is 0 Å². The molecule has 1 heterocycles. The second-order valence-electron chi connectivity index (χ2n) is 6.99. The van der Waals surface area contributed by atoms with E-state index in [1.165, 1.54) is 9.87 Å². The number of benzene rings is 3. The second kappa shape index (κ2) is 7.28. The quantitative estimate of drug-likeness (QED) is 0.651. The van der Waals surface area contributed by atoms with E-state index in [2.05, 4.69) is 17.4 Å². The maximum Gasteiger partial charge on any atom is 0.265 e. The summed E-state index contributed by atoms with van der Waals surface area (Å²) >= 11 is 0. The zero-order valence-corrected chi connectivity index (χ0v) is 16.4. The summed E-state index contributed by atoms with van der Waals surface area (Å²) in [7, 11) is -3.74. The van der Waals surface area contributed by atoms with Crippen LogP contribution in [0, 0.1) is 0 Å². The fourth-order valence-corrected chi connectivity index (χ4v) is 5.61. The van der Waals surface area contributed by atoms with Gasteiger partial charge in [0, 0.05) is 11.9 Å². The summed E-state index contributed by atoms with van der Waals surface area (Å²) in [5.74, 6) is -0.290. The van der Waals surface area contributed by atoms with Gasteiger partial charge in [-0.25, -0.2) is 8.42 Å². The Bertz CT molecular complexity index is 1120. The number of amides is 1. The molecule has 0 saturated heterocycles. The molecule has 6 heteroatoms. The minimum Gasteiger partial charge on any atom is -0.354 e. The highest BCUT2D eigenvalue weighted by Gasteiger charge is 2.40. The molecule has 4 rings (SSSR count). The molecule has 0 fully saturated rings. The van der Waals surface area contributed by atoms with Crippen molar-refractivity contribution in [2.75, 3.05) is 10.8 Å². The highest BCUT2D eigenvalue weighted by molar-refractivity contribution is 7.93. The van der Waals surface area contributed by atoms with Crippen molar-refractivity contribution in [2.24, 2.45) is 0 Å². The van der Waals surface area contributed by atoms with Crippen LogP contribution in [-0.2, 0) is 21.2 Å². The molecule has 0 saturated carbocycles. The molecule has 1 aliphatic heterocycles. The average Bonchev–Trinajstić information content (AvgIpc) is 2.94. The number of rotatable bonds is 6. The summed E-state index contributed by atoms with van der Waals surface area (Å²) in [5.41, 5.74) is 1.79. The first kappa shape index (κ1) is 18.5. The number of aryl methyl sites for hydroxylation is 1. The van der Waals surface area contributed by atoms with Crippen molar-refractivity contribution in [3.63, 3.8) is 0 Å². The zero-order valence-electron chi connectivity index (χ0n) is 15.6. The molecule has 0 bridgehead atoms. The van der Waals surface area contributed by atoms with Gasteiger partial charge in [0.05, 0.1) is 10.6 Å². The summed E-state index contributed by atoms with van der Waals surface area (Å²) in [6.07, 6.45) is 1.66. The van der Waals surface area contributed by atoms with Crippen molar-refractivity contribution in [1.82, 2.24) is 5.32 Å². The van der Waals surface area contributed by atoms with Crippen LogP contribution in [0.4, 0.5) is 5.69 Å². The van der Waals surface area contributed by atoms with E-state index in [4.69, 9.17) is 0 Å². The van der Waals surface area contributed by atoms with E-state index in [-0.39, 0.29) is 10.8 Å². The molecule has 1 aliphatic rings. The van der Waals surface area contributed by atoms with Crippen LogP contribution >= 0.6 is 0 Å². The van der Waals surface area contributed by atoms with Gasteiger partial charge in [0.2, 0.25) is 5.91 Å². The number of nitrogens with one attached hydrogen (secondary N) is 1. The molecule has 28 heavy (non-hydrogen) atoms. The number of hydrogen-bond donors (Lipinski definition) is 1. The highest BCUT2D eigenvalue weighted by atomic mass is 32.2. The first-order valence-corrected chi connectivity index (χ1v) is 10.8. The maximum absolute atomic E-state index is 13.1. The highest BCUT2D eigenvalue weighted by Crippen LogP contribution is 2.43. The van der Waals surface area contributed by atoms with Crippen LogP contribution in [0.5, 0.6) is 0 Å². The Kier molecular flexibility index (Phi) is 4.81. The molecule has 1 N–H and O–H groups in total. The Morgan fingerprint density at radius 2 is 1.71 bits per heavy atom. The van der Waals surface area contributed by atoms with Gasteiger partial charge >= 0.3 is 0 Å². The maximum atomic E-state index is 13.1. The lowest BCUT2D eigenvalue weighted by Crippen LogP contribution is -2.47. The van der Waals surface area contributed by atoms with E-state index in [0.717, 1.165) is 18.2 Å². The van der Waals surface area contributed by atoms with E-state index in [1.807, 2.05) is 36.4 Å². The molecule has 144 valence electrons. The van der Waals surface area contributed by atoms with Crippen LogP contribution in [0.15, 0.2) is 71.6 Å². The standard InChI is InChI=1S/C22H22N2O3S/c1-16(22(25)23-15-7-10-17-8-3-2-4-9-17)24-19-13-5-11-18-12-6-14-20(21(18)19)28(24,26)27/h2-6,8-9,11-14,16H,7,10,15H2,1H3,(H,23,25)/t16-/m1/s1. The lowest BCUT2D eigenvalue weighted by atomic mass is 10.1. The molecule has 1 atom stereocenters. The fourth-order valence-electron chi connectivity index (χ4n) is 3.74. The van der Waals surface area contributed by atoms with Crippen molar-refractivity contribution in [3.05, 3.63) is 72.3 Å². The second-order valence-corrected chi connectivity index (χ2v) is 8.77. The van der Waals surface area contributed by atoms with E-state index in [9.17, 15) is 13.2 Å². The van der Waals surface area contributed by atoms with Crippen molar-refractivity contribution >= 4 is 32.4 Å². The number of carbonyl (C=O) groups is 1. The Balaban J connectivity index is 1.48. The molecule has 0 spiro atoms. The van der Waals surface area contributed by atoms with Crippen molar-refractivity contribution < 1.29 is 13.2 Å². The molecule has 0 aromatic heterocycles. The van der Waals surface area contributed by atoms with Crippen LogP contribution in [0.3, 0.4) is 0 Å². The molecule has 5 nitrogen and oxygen atoms in total. The van der Waals surface area contributed by atoms with Crippen LogP contribution in [0.1, 0.15) is 18.9 Å². The van der Waals surface area contributed by atoms with Crippen LogP contribution in [-0.4, -0.2) is 26.9 Å². The average molecular weight is 394 g/mol. The lowest BCUT2D eigenvalue weighted by molar-refractivity contribution is -0.121. The third-order valence-corrected chi connectivity index (χ3v) is 7.06. The molecular weight excluding hydrogens is 372 g/mol. The Labute approximate surface area is 165 Å². The Hall–Kier alpha value is -2.86. The topological polar surface area (TPSA) is 66.5 Å². The minimum absolute atomic E-state index is 0.268. The van der Waals surface area contributed by atoms with Crippen molar-refractivity contribution in [1.29, 1.82) is 0 Å². The normalized spacial score (nSPS) is 15.5. The van der Waals surface area contributed by atoms with Crippen molar-refractivity contribution in [3.8, 4) is 0 Å². The Morgan fingerprint density at radius 3 is 2.46 bits per heavy atom. The largest absolute Gasteiger partial charge is 0.354 e. The summed E-state index contributed by atoms with van der Waals surface area (Å²) in [6, 6.07) is 19.9. The number of anilines is 1. The molecule has 0 unspecified atom stereocenters. The van der Waals surface area contributed by atoms with Gasteiger partial charge in [-0.3, -0.25) is 9.10 Å². The van der Waals surface area contributed by atoms with Gasteiger partial charge in [-0.2, -0.15) is 0 Å². The first-order chi connectivity index (χ1) is 13.5. The molecule has 3 aromatic rings. The van der Waals surface area contributed by atoms with Gasteiger partial charge in [-0.1, -0.05) is 54.6 Å². The number of sulfonamides is 1. The summed E-state index contributed by atoms with van der Waals surface area (Å²) in [4.78, 5) is 13.0. The smallest absolute Gasteiger partial charge is 0.265 e. The van der Waals surface area contributed by atoms with Crippen LogP contribution < -0.4 is 9.62 Å². The fraction of sp³-hybridized carbons (Fsp3) is 0.227. The lowest BCUT2D eigenvalue weighted by Gasteiger charge is -2.25. The summed E-state index contributed by atoms with van der Waals surface area (Å²) in [6.45, 7) is 2.14. The van der Waals surface area contributed by atoms with Crippen LogP contribution in [0.2, 0.25) is 0 Å². The van der Waals surface area contributed by atoms with Gasteiger partial charge < -0.3 is 5.32 Å². The monoisotopic (exact) mass is 394 g/mol. The predicted octanol–water partition coefficient (Wildman–Crippen LogP) is 3.49. The van der Waals surface area contributed by atoms with Gasteiger partial charge in [-0.05, 0) is 42.8 Å². The first-order valence-electron chi connectivity index (χ1n) is 9.38. The molecular formula is C22H22N2O3S. The third kappa shape index (κ3) is 3.14. The predicted molar refractivity (Wildman–Crippen MR) is 111 cm³/mol. The molecule has 3 aromatic carbocycles. The molecule has 0 aliphatic carbocycles. The van der Waals surface area contributed by atoms with Crippen molar-refractivity contribution in [2.45, 2.75) is 30.7 Å². The van der Waals surface area contributed by atoms with Gasteiger partial charge in [0.1, 0.15) is 6.04 Å². The van der Waals surface area contributed by atoms with Gasteiger partial charge in [-0.15, -0.1) is 0 Å². The summed E-state index contributed by atoms with van der Waals surface area (Å²) < 4.78 is 27.4. The minimum atomic E-state index is -3.74. The van der Waals surface area contributed by atoms with E-state index < -0.39 is 16.1 Å². The SMILES string of the molecule is C[C@H](C(=O)NCCCc1ccccc1)N1c2cccc3cccc(c23)S1(=O)=O. The third-order valence-electron chi connectivity index (χ3n) is 5.13. The van der Waals surface area contributed by atoms with Crippen LogP contribution in [0.25, 0.3) is 10.8 Å². The zero-order chi connectivity index (χ0) is 19.7. The summed E-state index contributed by atoms with van der Waals surface area (Å²) in [5, 5.41) is 4.43. The van der Waals surface area contributed by atoms with Gasteiger partial charge in [0.15, 0.2) is 0 Å². The number of hydrogen-bond acceptors (Lipinski definition) is 3. The molecule has 0 radical (unpaired) electrons. The number of nitrogens with zero attached hydrogens (tertiary/aromatic N) is 1. The number of carbonyl (C=O) groups excluding carboxylic acids is 1. The Morgan fingerprint density at radius 1 is 1.00 bits per heavy atom. The van der Waals surface area contributed by atoms with Gasteiger partial charge in [0.25, 0.3) is 10.0 Å². The van der Waals surface area contributed by atoms with E-state index in [1.54, 1.807) is 25.1 Å². The molecule has 1 amide bonds.